The fourth-order valence-corrected chi connectivity index (χ4v) is 2.54. The number of carboxylic acids is 1. The van der Waals surface area contributed by atoms with Crippen molar-refractivity contribution in [2.45, 2.75) is 25.8 Å². The van der Waals surface area contributed by atoms with Crippen molar-refractivity contribution in [2.24, 2.45) is 16.5 Å². The summed E-state index contributed by atoms with van der Waals surface area (Å²) in [6, 6.07) is 14.2. The molecule has 0 aliphatic heterocycles. The number of hydrogen-bond acceptors (Lipinski definition) is 3. The third kappa shape index (κ3) is 5.62. The predicted octanol–water partition coefficient (Wildman–Crippen LogP) is 2.10. The number of aliphatic imine (C=N–C) groups is 1. The van der Waals surface area contributed by atoms with Crippen molar-refractivity contribution in [3.05, 3.63) is 65.2 Å². The van der Waals surface area contributed by atoms with Crippen LogP contribution >= 0.6 is 0 Å². The average molecular weight is 354 g/mol. The van der Waals surface area contributed by atoms with Gasteiger partial charge in [0.05, 0.1) is 12.1 Å². The molecular weight excluding hydrogens is 332 g/mol. The molecule has 0 saturated carbocycles. The maximum atomic E-state index is 12.3. The molecular formula is C19H22N4O3. The summed E-state index contributed by atoms with van der Waals surface area (Å²) < 4.78 is 0. The van der Waals surface area contributed by atoms with Crippen LogP contribution < -0.4 is 16.8 Å². The molecule has 0 radical (unpaired) electrons. The third-order valence-electron chi connectivity index (χ3n) is 3.82. The number of guanidine groups is 1. The van der Waals surface area contributed by atoms with E-state index in [0.717, 1.165) is 11.1 Å². The Hall–Kier alpha value is -3.35. The van der Waals surface area contributed by atoms with Gasteiger partial charge in [-0.2, -0.15) is 0 Å². The molecule has 26 heavy (non-hydrogen) atoms. The number of amides is 1. The van der Waals surface area contributed by atoms with E-state index in [4.69, 9.17) is 16.6 Å². The van der Waals surface area contributed by atoms with Crippen molar-refractivity contribution >= 4 is 23.5 Å². The Kier molecular flexibility index (Phi) is 6.32. The van der Waals surface area contributed by atoms with Gasteiger partial charge in [-0.1, -0.05) is 37.3 Å². The highest BCUT2D eigenvalue weighted by molar-refractivity contribution is 5.95. The lowest BCUT2D eigenvalue weighted by molar-refractivity contribution is -0.137. The van der Waals surface area contributed by atoms with Crippen LogP contribution in [-0.2, 0) is 11.3 Å². The Bertz CT molecular complexity index is 829. The van der Waals surface area contributed by atoms with Crippen LogP contribution in [0.3, 0.4) is 0 Å². The minimum atomic E-state index is -0.836. The number of nitrogens with one attached hydrogen (secondary N) is 1. The van der Waals surface area contributed by atoms with Gasteiger partial charge in [0.1, 0.15) is 0 Å². The molecule has 7 nitrogen and oxygen atoms in total. The number of aliphatic carboxylic acids is 1. The van der Waals surface area contributed by atoms with E-state index in [1.165, 1.54) is 0 Å². The molecule has 136 valence electrons. The lowest BCUT2D eigenvalue weighted by Gasteiger charge is -2.12. The maximum Gasteiger partial charge on any atom is 0.303 e. The van der Waals surface area contributed by atoms with Crippen LogP contribution in [0.2, 0.25) is 0 Å². The molecule has 7 heteroatoms. The number of carbonyl (C=O) groups excluding carboxylic acids is 1. The van der Waals surface area contributed by atoms with E-state index >= 15 is 0 Å². The first kappa shape index (κ1) is 19.0. The number of carbonyl (C=O) groups is 2. The second-order valence-electron chi connectivity index (χ2n) is 6.01. The SMILES string of the molecule is C[C@@H](CC(=O)O)c1cccc(CNC(=O)c2cccc(N=C(N)N)c2)c1. The Labute approximate surface area is 151 Å². The molecule has 0 bridgehead atoms. The Morgan fingerprint density at radius 3 is 2.58 bits per heavy atom. The van der Waals surface area contributed by atoms with Crippen molar-refractivity contribution < 1.29 is 14.7 Å². The quantitative estimate of drug-likeness (QED) is 0.447. The molecule has 6 N–H and O–H groups in total. The summed E-state index contributed by atoms with van der Waals surface area (Å²) in [5.41, 5.74) is 13.5. The number of benzene rings is 2. The van der Waals surface area contributed by atoms with Gasteiger partial charge in [0.25, 0.3) is 5.91 Å². The molecule has 0 saturated heterocycles. The first-order valence-corrected chi connectivity index (χ1v) is 8.13. The molecule has 0 aliphatic carbocycles. The number of hydrogen-bond donors (Lipinski definition) is 4. The summed E-state index contributed by atoms with van der Waals surface area (Å²) in [6.45, 7) is 2.19. The molecule has 0 heterocycles. The van der Waals surface area contributed by atoms with Crippen LogP contribution in [-0.4, -0.2) is 22.9 Å². The fourth-order valence-electron chi connectivity index (χ4n) is 2.54. The van der Waals surface area contributed by atoms with Crippen molar-refractivity contribution in [3.63, 3.8) is 0 Å². The summed E-state index contributed by atoms with van der Waals surface area (Å²) >= 11 is 0. The van der Waals surface area contributed by atoms with Crippen molar-refractivity contribution in [1.82, 2.24) is 5.32 Å². The number of carboxylic acid groups (broad SMARTS) is 1. The van der Waals surface area contributed by atoms with E-state index in [9.17, 15) is 9.59 Å². The maximum absolute atomic E-state index is 12.3. The van der Waals surface area contributed by atoms with Gasteiger partial charge in [-0.15, -0.1) is 0 Å². The monoisotopic (exact) mass is 354 g/mol. The summed E-state index contributed by atoms with van der Waals surface area (Å²) in [5, 5.41) is 11.7. The molecule has 0 unspecified atom stereocenters. The Morgan fingerprint density at radius 2 is 1.88 bits per heavy atom. The number of nitrogens with two attached hydrogens (primary N) is 2. The van der Waals surface area contributed by atoms with E-state index < -0.39 is 5.97 Å². The minimum absolute atomic E-state index is 0.0629. The van der Waals surface area contributed by atoms with Crippen LogP contribution in [0.4, 0.5) is 5.69 Å². The van der Waals surface area contributed by atoms with Crippen LogP contribution in [0.5, 0.6) is 0 Å². The van der Waals surface area contributed by atoms with Crippen molar-refractivity contribution in [3.8, 4) is 0 Å². The lowest BCUT2D eigenvalue weighted by atomic mass is 9.96. The largest absolute Gasteiger partial charge is 0.481 e. The molecule has 2 aromatic carbocycles. The van der Waals surface area contributed by atoms with Gasteiger partial charge in [-0.3, -0.25) is 9.59 Å². The Morgan fingerprint density at radius 1 is 1.15 bits per heavy atom. The molecule has 1 atom stereocenters. The smallest absolute Gasteiger partial charge is 0.303 e. The first-order valence-electron chi connectivity index (χ1n) is 8.13. The van der Waals surface area contributed by atoms with Crippen LogP contribution in [0, 0.1) is 0 Å². The molecule has 1 amide bonds. The van der Waals surface area contributed by atoms with E-state index in [0.29, 0.717) is 17.8 Å². The molecule has 0 spiro atoms. The summed E-state index contributed by atoms with van der Waals surface area (Å²) in [5.74, 6) is -1.26. The highest BCUT2D eigenvalue weighted by atomic mass is 16.4. The van der Waals surface area contributed by atoms with Crippen LogP contribution in [0.15, 0.2) is 53.5 Å². The van der Waals surface area contributed by atoms with Gasteiger partial charge in [0, 0.05) is 12.1 Å². The first-order chi connectivity index (χ1) is 12.3. The fraction of sp³-hybridized carbons (Fsp3) is 0.211. The zero-order valence-corrected chi connectivity index (χ0v) is 14.5. The van der Waals surface area contributed by atoms with E-state index in [1.807, 2.05) is 31.2 Å². The van der Waals surface area contributed by atoms with Gasteiger partial charge >= 0.3 is 5.97 Å². The predicted molar refractivity (Wildman–Crippen MR) is 100 cm³/mol. The van der Waals surface area contributed by atoms with Gasteiger partial charge in [-0.25, -0.2) is 4.99 Å². The third-order valence-corrected chi connectivity index (χ3v) is 3.82. The van der Waals surface area contributed by atoms with Gasteiger partial charge in [0.15, 0.2) is 5.96 Å². The molecule has 0 fully saturated rings. The van der Waals surface area contributed by atoms with Gasteiger partial charge in [-0.05, 0) is 35.2 Å². The second kappa shape index (κ2) is 8.66. The van der Waals surface area contributed by atoms with Crippen LogP contribution in [0.25, 0.3) is 0 Å². The average Bonchev–Trinajstić information content (AvgIpc) is 2.59. The highest BCUT2D eigenvalue weighted by Gasteiger charge is 2.11. The molecule has 0 aromatic heterocycles. The van der Waals surface area contributed by atoms with Crippen molar-refractivity contribution in [2.75, 3.05) is 0 Å². The summed E-state index contributed by atoms with van der Waals surface area (Å²) in [4.78, 5) is 27.1. The molecule has 2 rings (SSSR count). The van der Waals surface area contributed by atoms with E-state index in [-0.39, 0.29) is 24.2 Å². The van der Waals surface area contributed by atoms with Crippen molar-refractivity contribution in [1.29, 1.82) is 0 Å². The summed E-state index contributed by atoms with van der Waals surface area (Å²) in [6.07, 6.45) is 0.0629. The van der Waals surface area contributed by atoms with E-state index in [1.54, 1.807) is 24.3 Å². The topological polar surface area (TPSA) is 131 Å². The van der Waals surface area contributed by atoms with E-state index in [2.05, 4.69) is 10.3 Å². The normalized spacial score (nSPS) is 11.4. The summed E-state index contributed by atoms with van der Waals surface area (Å²) in [7, 11) is 0. The number of rotatable bonds is 7. The zero-order chi connectivity index (χ0) is 19.1. The standard InChI is InChI=1S/C19H22N4O3/c1-12(8-17(24)25)14-5-2-4-13(9-14)11-22-18(26)15-6-3-7-16(10-15)23-19(20)21/h2-7,9-10,12H,8,11H2,1H3,(H,22,26)(H,24,25)(H4,20,21,23)/t12-/m0/s1. The lowest BCUT2D eigenvalue weighted by Crippen LogP contribution is -2.23. The zero-order valence-electron chi connectivity index (χ0n) is 14.5. The molecule has 2 aromatic rings. The number of nitrogens with zero attached hydrogens (tertiary/aromatic N) is 1. The van der Waals surface area contributed by atoms with Gasteiger partial charge in [0.2, 0.25) is 0 Å². The Balaban J connectivity index is 2.03. The molecule has 0 aliphatic rings. The minimum Gasteiger partial charge on any atom is -0.481 e. The second-order valence-corrected chi connectivity index (χ2v) is 6.01. The van der Waals surface area contributed by atoms with Gasteiger partial charge < -0.3 is 21.9 Å². The van der Waals surface area contributed by atoms with Crippen LogP contribution in [0.1, 0.15) is 40.7 Å². The highest BCUT2D eigenvalue weighted by Crippen LogP contribution is 2.20.